The van der Waals surface area contributed by atoms with E-state index in [9.17, 15) is 14.5 Å². The minimum absolute atomic E-state index is 0.0212. The molecule has 0 N–H and O–H groups in total. The van der Waals surface area contributed by atoms with Gasteiger partial charge in [0.25, 0.3) is 5.91 Å². The molecule has 1 fully saturated rings. The van der Waals surface area contributed by atoms with Crippen LogP contribution in [0.25, 0.3) is 0 Å². The smallest absolute Gasteiger partial charge is 0.288 e. The lowest BCUT2D eigenvalue weighted by Gasteiger charge is -2.26. The first-order valence-corrected chi connectivity index (χ1v) is 7.83. The molecule has 2 rings (SSSR count). The van der Waals surface area contributed by atoms with Gasteiger partial charge in [0, 0.05) is 37.7 Å². The van der Waals surface area contributed by atoms with Crippen LogP contribution < -0.4 is 0 Å². The number of carbonyl (C=O) groups excluding carboxylic acids is 2. The summed E-state index contributed by atoms with van der Waals surface area (Å²) in [6.07, 6.45) is 5.61. The highest BCUT2D eigenvalue weighted by molar-refractivity contribution is 6.29. The van der Waals surface area contributed by atoms with Gasteiger partial charge in [-0.3, -0.25) is 9.59 Å². The molecule has 2 heterocycles. The molecule has 0 atom stereocenters. The Labute approximate surface area is 133 Å². The van der Waals surface area contributed by atoms with Crippen molar-refractivity contribution >= 4 is 23.4 Å². The Morgan fingerprint density at radius 1 is 1.23 bits per heavy atom. The number of aromatic nitrogens is 2. The standard InChI is InChI=1S/C14H19ClN4O3/c15-11-10-16-12(19(11)9-6-13(20)17-22)4-5-14(21)18-7-2-1-3-8-18/h10H,1-9H2. The highest BCUT2D eigenvalue weighted by atomic mass is 35.5. The van der Waals surface area contributed by atoms with Crippen molar-refractivity contribution in [2.24, 2.45) is 5.18 Å². The van der Waals surface area contributed by atoms with E-state index in [0.717, 1.165) is 25.9 Å². The second-order valence-electron chi connectivity index (χ2n) is 5.33. The fourth-order valence-electron chi connectivity index (χ4n) is 2.60. The van der Waals surface area contributed by atoms with Gasteiger partial charge in [0.1, 0.15) is 11.0 Å². The fourth-order valence-corrected chi connectivity index (χ4v) is 2.83. The van der Waals surface area contributed by atoms with Crippen LogP contribution in [0, 0.1) is 4.91 Å². The Morgan fingerprint density at radius 2 is 1.95 bits per heavy atom. The lowest BCUT2D eigenvalue weighted by atomic mass is 10.1. The quantitative estimate of drug-likeness (QED) is 0.750. The summed E-state index contributed by atoms with van der Waals surface area (Å²) < 4.78 is 1.65. The zero-order chi connectivity index (χ0) is 15.9. The van der Waals surface area contributed by atoms with E-state index in [1.807, 2.05) is 4.90 Å². The van der Waals surface area contributed by atoms with Gasteiger partial charge >= 0.3 is 0 Å². The van der Waals surface area contributed by atoms with E-state index in [-0.39, 0.29) is 18.9 Å². The predicted octanol–water partition coefficient (Wildman–Crippen LogP) is 2.16. The molecule has 0 aromatic carbocycles. The van der Waals surface area contributed by atoms with E-state index in [0.29, 0.717) is 23.8 Å². The van der Waals surface area contributed by atoms with Crippen molar-refractivity contribution in [1.82, 2.24) is 14.5 Å². The number of aryl methyl sites for hydroxylation is 1. The summed E-state index contributed by atoms with van der Waals surface area (Å²) in [4.78, 5) is 39.3. The monoisotopic (exact) mass is 326 g/mol. The van der Waals surface area contributed by atoms with Crippen LogP contribution in [-0.2, 0) is 22.6 Å². The first-order chi connectivity index (χ1) is 10.6. The van der Waals surface area contributed by atoms with E-state index < -0.39 is 5.91 Å². The van der Waals surface area contributed by atoms with Gasteiger partial charge in [-0.05, 0) is 19.3 Å². The summed E-state index contributed by atoms with van der Waals surface area (Å²) in [5, 5.41) is 2.74. The maximum atomic E-state index is 12.1. The van der Waals surface area contributed by atoms with Gasteiger partial charge in [-0.2, -0.15) is 0 Å². The average molecular weight is 327 g/mol. The van der Waals surface area contributed by atoms with Crippen LogP contribution in [-0.4, -0.2) is 39.4 Å². The molecular formula is C14H19ClN4O3. The van der Waals surface area contributed by atoms with Crippen LogP contribution in [0.5, 0.6) is 0 Å². The van der Waals surface area contributed by atoms with Gasteiger partial charge in [-0.25, -0.2) is 4.98 Å². The zero-order valence-corrected chi connectivity index (χ0v) is 13.1. The van der Waals surface area contributed by atoms with Crippen LogP contribution in [0.1, 0.15) is 37.9 Å². The summed E-state index contributed by atoms with van der Waals surface area (Å²) in [6, 6.07) is 0. The molecule has 0 aliphatic carbocycles. The van der Waals surface area contributed by atoms with Crippen molar-refractivity contribution in [3.8, 4) is 0 Å². The van der Waals surface area contributed by atoms with Gasteiger partial charge < -0.3 is 9.47 Å². The van der Waals surface area contributed by atoms with E-state index in [2.05, 4.69) is 10.2 Å². The molecule has 0 spiro atoms. The second-order valence-corrected chi connectivity index (χ2v) is 5.71. The third kappa shape index (κ3) is 4.37. The number of hydrogen-bond acceptors (Lipinski definition) is 4. The maximum absolute atomic E-state index is 12.1. The summed E-state index contributed by atoms with van der Waals surface area (Å²) in [5.74, 6) is 0.0465. The lowest BCUT2D eigenvalue weighted by molar-refractivity contribution is -0.132. The van der Waals surface area contributed by atoms with E-state index >= 15 is 0 Å². The number of carbonyl (C=O) groups is 2. The molecule has 120 valence electrons. The molecule has 7 nitrogen and oxygen atoms in total. The van der Waals surface area contributed by atoms with Crippen molar-refractivity contribution in [1.29, 1.82) is 0 Å². The minimum Gasteiger partial charge on any atom is -0.343 e. The molecule has 22 heavy (non-hydrogen) atoms. The van der Waals surface area contributed by atoms with Crippen molar-refractivity contribution in [3.63, 3.8) is 0 Å². The molecule has 2 amide bonds. The molecule has 1 saturated heterocycles. The van der Waals surface area contributed by atoms with E-state index in [1.54, 1.807) is 4.57 Å². The second kappa shape index (κ2) is 8.03. The van der Waals surface area contributed by atoms with Crippen molar-refractivity contribution in [2.75, 3.05) is 13.1 Å². The number of imidazole rings is 1. The van der Waals surface area contributed by atoms with Gasteiger partial charge in [0.15, 0.2) is 0 Å². The molecule has 1 aromatic rings. The van der Waals surface area contributed by atoms with Crippen molar-refractivity contribution in [2.45, 2.75) is 45.1 Å². The highest BCUT2D eigenvalue weighted by Crippen LogP contribution is 2.16. The van der Waals surface area contributed by atoms with E-state index in [4.69, 9.17) is 11.6 Å². The normalized spacial score (nSPS) is 14.9. The molecule has 1 aromatic heterocycles. The first kappa shape index (κ1) is 16.6. The summed E-state index contributed by atoms with van der Waals surface area (Å²) in [6.45, 7) is 1.90. The maximum Gasteiger partial charge on any atom is 0.288 e. The topological polar surface area (TPSA) is 84.6 Å². The molecule has 0 unspecified atom stereocenters. The number of nitrogens with zero attached hydrogens (tertiary/aromatic N) is 4. The summed E-state index contributed by atoms with van der Waals surface area (Å²) >= 11 is 6.02. The van der Waals surface area contributed by atoms with Crippen LogP contribution in [0.15, 0.2) is 11.4 Å². The van der Waals surface area contributed by atoms with E-state index in [1.165, 1.54) is 12.6 Å². The van der Waals surface area contributed by atoms with Crippen LogP contribution in [0.2, 0.25) is 5.15 Å². The Bertz CT molecular complexity index is 552. The Morgan fingerprint density at radius 3 is 2.64 bits per heavy atom. The largest absolute Gasteiger partial charge is 0.343 e. The highest BCUT2D eigenvalue weighted by Gasteiger charge is 2.18. The van der Waals surface area contributed by atoms with Gasteiger partial charge in [0.2, 0.25) is 5.91 Å². The Hall–Kier alpha value is -1.76. The number of amides is 2. The fraction of sp³-hybridized carbons (Fsp3) is 0.643. The predicted molar refractivity (Wildman–Crippen MR) is 81.4 cm³/mol. The molecular weight excluding hydrogens is 308 g/mol. The number of rotatable bonds is 6. The number of hydrogen-bond donors (Lipinski definition) is 0. The van der Waals surface area contributed by atoms with Gasteiger partial charge in [0.05, 0.1) is 12.6 Å². The zero-order valence-electron chi connectivity index (χ0n) is 12.3. The number of halogens is 1. The third-order valence-corrected chi connectivity index (χ3v) is 4.11. The molecule has 1 aliphatic heterocycles. The average Bonchev–Trinajstić information content (AvgIpc) is 2.91. The van der Waals surface area contributed by atoms with Gasteiger partial charge in [-0.1, -0.05) is 11.6 Å². The Kier molecular flexibility index (Phi) is 6.06. The molecule has 0 saturated carbocycles. The minimum atomic E-state index is -0.722. The molecule has 1 aliphatic rings. The molecule has 0 bridgehead atoms. The van der Waals surface area contributed by atoms with Crippen LogP contribution in [0.4, 0.5) is 0 Å². The third-order valence-electron chi connectivity index (χ3n) is 3.81. The van der Waals surface area contributed by atoms with Crippen molar-refractivity contribution in [3.05, 3.63) is 22.1 Å². The number of likely N-dealkylation sites (tertiary alicyclic amines) is 1. The Balaban J connectivity index is 1.90. The van der Waals surface area contributed by atoms with Crippen LogP contribution >= 0.6 is 11.6 Å². The van der Waals surface area contributed by atoms with Crippen molar-refractivity contribution < 1.29 is 9.59 Å². The summed E-state index contributed by atoms with van der Waals surface area (Å²) in [5.41, 5.74) is 0. The molecule has 0 radical (unpaired) electrons. The first-order valence-electron chi connectivity index (χ1n) is 7.45. The SMILES string of the molecule is O=NC(=O)CCn1c(Cl)cnc1CCC(=O)N1CCCCC1. The number of piperidine rings is 1. The summed E-state index contributed by atoms with van der Waals surface area (Å²) in [7, 11) is 0. The lowest BCUT2D eigenvalue weighted by Crippen LogP contribution is -2.35. The molecule has 8 heteroatoms. The van der Waals surface area contributed by atoms with Crippen LogP contribution in [0.3, 0.4) is 0 Å². The van der Waals surface area contributed by atoms with Gasteiger partial charge in [-0.15, -0.1) is 4.91 Å². The number of nitroso groups, excluding NO2 is 1.